The molecule has 0 bridgehead atoms. The van der Waals surface area contributed by atoms with Crippen molar-refractivity contribution in [2.75, 3.05) is 46.4 Å². The van der Waals surface area contributed by atoms with Crippen LogP contribution in [0.25, 0.3) is 0 Å². The molecule has 0 atom stereocenters. The molecule has 2 N–H and O–H groups in total. The summed E-state index contributed by atoms with van der Waals surface area (Å²) in [6.07, 6.45) is 4.52. The number of likely N-dealkylation sites (tertiary alicyclic amines) is 1. The molecule has 19 heavy (non-hydrogen) atoms. The number of methoxy groups -OCH3 is 1. The monoisotopic (exact) mass is 271 g/mol. The van der Waals surface area contributed by atoms with E-state index in [9.17, 15) is 9.59 Å². The maximum absolute atomic E-state index is 12.2. The molecule has 0 radical (unpaired) electrons. The number of nitrogens with two attached hydrogens (primary N) is 1. The average Bonchev–Trinajstić information content (AvgIpc) is 2.64. The van der Waals surface area contributed by atoms with Crippen molar-refractivity contribution in [1.82, 2.24) is 9.80 Å². The number of amides is 2. The van der Waals surface area contributed by atoms with Crippen LogP contribution in [0.15, 0.2) is 0 Å². The topological polar surface area (TPSA) is 75.9 Å². The number of carbonyl (C=O) groups excluding carboxylic acids is 2. The molecule has 0 aromatic carbocycles. The Kier molecular flexibility index (Phi) is 7.43. The van der Waals surface area contributed by atoms with E-state index in [1.54, 1.807) is 12.0 Å². The van der Waals surface area contributed by atoms with Gasteiger partial charge in [-0.25, -0.2) is 0 Å². The fourth-order valence-corrected chi connectivity index (χ4v) is 2.27. The van der Waals surface area contributed by atoms with E-state index in [1.807, 2.05) is 4.90 Å². The van der Waals surface area contributed by atoms with E-state index in [0.717, 1.165) is 25.9 Å². The van der Waals surface area contributed by atoms with Crippen LogP contribution in [0.2, 0.25) is 0 Å². The molecule has 1 heterocycles. The predicted octanol–water partition coefficient (Wildman–Crippen LogP) is -0.177. The van der Waals surface area contributed by atoms with E-state index >= 15 is 0 Å². The number of hydrogen-bond donors (Lipinski definition) is 1. The minimum absolute atomic E-state index is 0.0826. The Morgan fingerprint density at radius 2 is 1.79 bits per heavy atom. The number of carbonyl (C=O) groups is 2. The molecule has 1 saturated heterocycles. The lowest BCUT2D eigenvalue weighted by Crippen LogP contribution is -2.44. The quantitative estimate of drug-likeness (QED) is 0.697. The first kappa shape index (κ1) is 15.9. The maximum Gasteiger partial charge on any atom is 0.236 e. The molecule has 0 aliphatic carbocycles. The van der Waals surface area contributed by atoms with E-state index in [4.69, 9.17) is 10.5 Å². The second-order valence-electron chi connectivity index (χ2n) is 4.96. The Morgan fingerprint density at radius 1 is 1.16 bits per heavy atom. The summed E-state index contributed by atoms with van der Waals surface area (Å²) >= 11 is 0. The number of hydrogen-bond acceptors (Lipinski definition) is 4. The largest absolute Gasteiger partial charge is 0.383 e. The van der Waals surface area contributed by atoms with Gasteiger partial charge in [0, 0.05) is 26.7 Å². The number of rotatable bonds is 7. The average molecular weight is 271 g/mol. The fourth-order valence-electron chi connectivity index (χ4n) is 2.27. The van der Waals surface area contributed by atoms with Gasteiger partial charge in [0.2, 0.25) is 11.8 Å². The summed E-state index contributed by atoms with van der Waals surface area (Å²) in [4.78, 5) is 26.8. The van der Waals surface area contributed by atoms with E-state index < -0.39 is 5.91 Å². The van der Waals surface area contributed by atoms with Gasteiger partial charge in [0.15, 0.2) is 0 Å². The summed E-state index contributed by atoms with van der Waals surface area (Å²) in [5.41, 5.74) is 5.20. The van der Waals surface area contributed by atoms with E-state index in [0.29, 0.717) is 13.2 Å². The number of nitrogens with zero attached hydrogens (tertiary/aromatic N) is 2. The molecule has 0 saturated carbocycles. The van der Waals surface area contributed by atoms with Crippen LogP contribution >= 0.6 is 0 Å². The second-order valence-corrected chi connectivity index (χ2v) is 4.96. The van der Waals surface area contributed by atoms with Gasteiger partial charge >= 0.3 is 0 Å². The minimum Gasteiger partial charge on any atom is -0.383 e. The predicted molar refractivity (Wildman–Crippen MR) is 72.6 cm³/mol. The maximum atomic E-state index is 12.2. The van der Waals surface area contributed by atoms with Gasteiger partial charge in [-0.15, -0.1) is 0 Å². The number of primary amides is 1. The van der Waals surface area contributed by atoms with Gasteiger partial charge in [0.1, 0.15) is 0 Å². The molecule has 6 nitrogen and oxygen atoms in total. The third kappa shape index (κ3) is 6.54. The second kappa shape index (κ2) is 8.87. The lowest BCUT2D eigenvalue weighted by molar-refractivity contribution is -0.133. The Morgan fingerprint density at radius 3 is 2.32 bits per heavy atom. The van der Waals surface area contributed by atoms with Gasteiger partial charge < -0.3 is 15.4 Å². The lowest BCUT2D eigenvalue weighted by atomic mass is 10.2. The van der Waals surface area contributed by atoms with Crippen LogP contribution in [-0.4, -0.2) is 68.1 Å². The Balaban J connectivity index is 2.45. The van der Waals surface area contributed by atoms with Gasteiger partial charge in [-0.2, -0.15) is 0 Å². The van der Waals surface area contributed by atoms with Crippen molar-refractivity contribution in [3.8, 4) is 0 Å². The van der Waals surface area contributed by atoms with Crippen LogP contribution < -0.4 is 5.73 Å². The molecule has 110 valence electrons. The molecular formula is C13H25N3O3. The first-order valence-electron chi connectivity index (χ1n) is 6.91. The van der Waals surface area contributed by atoms with Crippen LogP contribution in [0.3, 0.4) is 0 Å². The smallest absolute Gasteiger partial charge is 0.236 e. The Hall–Kier alpha value is -1.14. The van der Waals surface area contributed by atoms with Crippen molar-refractivity contribution in [2.45, 2.75) is 25.7 Å². The summed E-state index contributed by atoms with van der Waals surface area (Å²) in [6, 6.07) is 0. The van der Waals surface area contributed by atoms with Gasteiger partial charge in [0.05, 0.1) is 19.7 Å². The normalized spacial score (nSPS) is 16.4. The van der Waals surface area contributed by atoms with Crippen molar-refractivity contribution in [3.05, 3.63) is 0 Å². The molecular weight excluding hydrogens is 246 g/mol. The van der Waals surface area contributed by atoms with Crippen LogP contribution in [-0.2, 0) is 14.3 Å². The highest BCUT2D eigenvalue weighted by Crippen LogP contribution is 2.10. The van der Waals surface area contributed by atoms with Crippen LogP contribution in [0, 0.1) is 0 Å². The van der Waals surface area contributed by atoms with E-state index in [2.05, 4.69) is 0 Å². The minimum atomic E-state index is -0.417. The highest BCUT2D eigenvalue weighted by molar-refractivity contribution is 5.80. The van der Waals surface area contributed by atoms with Gasteiger partial charge in [-0.3, -0.25) is 14.5 Å². The number of ether oxygens (including phenoxy) is 1. The molecule has 2 amide bonds. The van der Waals surface area contributed by atoms with Crippen LogP contribution in [0.1, 0.15) is 25.7 Å². The summed E-state index contributed by atoms with van der Waals surface area (Å²) in [5, 5.41) is 0. The fraction of sp³-hybridized carbons (Fsp3) is 0.846. The zero-order chi connectivity index (χ0) is 14.1. The van der Waals surface area contributed by atoms with E-state index in [1.165, 1.54) is 12.8 Å². The SMILES string of the molecule is COCCN(CC(N)=O)CC(=O)N1CCCCCC1. The summed E-state index contributed by atoms with van der Waals surface area (Å²) in [7, 11) is 1.60. The molecule has 6 heteroatoms. The van der Waals surface area contributed by atoms with Gasteiger partial charge in [-0.1, -0.05) is 12.8 Å². The third-order valence-corrected chi connectivity index (χ3v) is 3.31. The molecule has 1 aliphatic heterocycles. The van der Waals surface area contributed by atoms with Crippen molar-refractivity contribution >= 4 is 11.8 Å². The lowest BCUT2D eigenvalue weighted by Gasteiger charge is -2.25. The molecule has 1 rings (SSSR count). The first-order valence-corrected chi connectivity index (χ1v) is 6.91. The third-order valence-electron chi connectivity index (χ3n) is 3.31. The zero-order valence-corrected chi connectivity index (χ0v) is 11.8. The molecule has 0 unspecified atom stereocenters. The molecule has 0 aromatic rings. The van der Waals surface area contributed by atoms with Crippen molar-refractivity contribution in [1.29, 1.82) is 0 Å². The molecule has 0 spiro atoms. The zero-order valence-electron chi connectivity index (χ0n) is 11.8. The molecule has 1 aliphatic rings. The Bertz CT molecular complexity index is 289. The van der Waals surface area contributed by atoms with E-state index in [-0.39, 0.29) is 19.0 Å². The highest BCUT2D eigenvalue weighted by atomic mass is 16.5. The standard InChI is InChI=1S/C13H25N3O3/c1-19-9-8-15(10-12(14)17)11-13(18)16-6-4-2-3-5-7-16/h2-11H2,1H3,(H2,14,17). The van der Waals surface area contributed by atoms with Crippen LogP contribution in [0.4, 0.5) is 0 Å². The summed E-state index contributed by atoms with van der Waals surface area (Å²) in [5.74, 6) is -0.334. The summed E-state index contributed by atoms with van der Waals surface area (Å²) in [6.45, 7) is 3.02. The van der Waals surface area contributed by atoms with Gasteiger partial charge in [-0.05, 0) is 12.8 Å². The van der Waals surface area contributed by atoms with Crippen molar-refractivity contribution < 1.29 is 14.3 Å². The van der Waals surface area contributed by atoms with Crippen molar-refractivity contribution in [2.24, 2.45) is 5.73 Å². The molecule has 0 aromatic heterocycles. The summed E-state index contributed by atoms with van der Waals surface area (Å²) < 4.78 is 4.98. The van der Waals surface area contributed by atoms with Crippen LogP contribution in [0.5, 0.6) is 0 Å². The first-order chi connectivity index (χ1) is 9.13. The Labute approximate surface area is 114 Å². The highest BCUT2D eigenvalue weighted by Gasteiger charge is 2.19. The van der Waals surface area contributed by atoms with Gasteiger partial charge in [0.25, 0.3) is 0 Å². The van der Waals surface area contributed by atoms with Crippen molar-refractivity contribution in [3.63, 3.8) is 0 Å². The molecule has 1 fully saturated rings.